The number of nitrogens with zero attached hydrogens (tertiary/aromatic N) is 4. The molecule has 6 heteroatoms. The average molecular weight is 275 g/mol. The Morgan fingerprint density at radius 1 is 1.25 bits per heavy atom. The highest BCUT2D eigenvalue weighted by Crippen LogP contribution is 2.17. The van der Waals surface area contributed by atoms with Gasteiger partial charge in [-0.05, 0) is 19.4 Å². The topological polar surface area (TPSA) is 61.4 Å². The molecule has 0 unspecified atom stereocenters. The number of amides is 1. The summed E-state index contributed by atoms with van der Waals surface area (Å²) in [6.45, 7) is 5.13. The van der Waals surface area contributed by atoms with Crippen molar-refractivity contribution in [2.45, 2.75) is 12.8 Å². The van der Waals surface area contributed by atoms with Gasteiger partial charge >= 0.3 is 0 Å². The van der Waals surface area contributed by atoms with Gasteiger partial charge in [-0.25, -0.2) is 4.98 Å². The van der Waals surface area contributed by atoms with Gasteiger partial charge in [0.15, 0.2) is 0 Å². The second-order valence-electron chi connectivity index (χ2n) is 5.42. The van der Waals surface area contributed by atoms with E-state index in [1.165, 1.54) is 0 Å². The molecule has 2 fully saturated rings. The van der Waals surface area contributed by atoms with E-state index in [0.29, 0.717) is 5.91 Å². The third-order valence-electron chi connectivity index (χ3n) is 4.11. The van der Waals surface area contributed by atoms with Crippen LogP contribution < -0.4 is 10.2 Å². The fourth-order valence-corrected chi connectivity index (χ4v) is 2.93. The first-order valence-corrected chi connectivity index (χ1v) is 7.35. The van der Waals surface area contributed by atoms with Gasteiger partial charge in [-0.1, -0.05) is 0 Å². The van der Waals surface area contributed by atoms with Gasteiger partial charge in [0.2, 0.25) is 5.91 Å². The van der Waals surface area contributed by atoms with Crippen molar-refractivity contribution in [3.63, 3.8) is 0 Å². The molecule has 0 aliphatic carbocycles. The number of anilines is 1. The normalized spacial score (nSPS) is 23.7. The number of nitrogens with one attached hydrogen (secondary N) is 1. The second-order valence-corrected chi connectivity index (χ2v) is 5.42. The molecule has 108 valence electrons. The van der Waals surface area contributed by atoms with Gasteiger partial charge in [-0.2, -0.15) is 0 Å². The quantitative estimate of drug-likeness (QED) is 0.831. The van der Waals surface area contributed by atoms with Gasteiger partial charge in [0.1, 0.15) is 5.82 Å². The number of carbonyl (C=O) groups is 1. The summed E-state index contributed by atoms with van der Waals surface area (Å²) in [6.07, 6.45) is 7.30. The summed E-state index contributed by atoms with van der Waals surface area (Å²) in [5.74, 6) is 1.39. The van der Waals surface area contributed by atoms with E-state index < -0.39 is 0 Å². The lowest BCUT2D eigenvalue weighted by Crippen LogP contribution is -2.52. The Labute approximate surface area is 119 Å². The van der Waals surface area contributed by atoms with Crippen LogP contribution >= 0.6 is 0 Å². The van der Waals surface area contributed by atoms with Gasteiger partial charge in [0, 0.05) is 45.1 Å². The Morgan fingerprint density at radius 3 is 2.75 bits per heavy atom. The molecule has 0 spiro atoms. The molecule has 0 bridgehead atoms. The van der Waals surface area contributed by atoms with E-state index in [2.05, 4.69) is 20.2 Å². The van der Waals surface area contributed by atoms with Crippen LogP contribution in [-0.2, 0) is 4.79 Å². The minimum atomic E-state index is 0.173. The minimum absolute atomic E-state index is 0.173. The van der Waals surface area contributed by atoms with Crippen LogP contribution in [0.2, 0.25) is 0 Å². The SMILES string of the molecule is O=C([C@H]1CCCNC1)N1CCN(c2cnccn2)CC1. The molecule has 2 saturated heterocycles. The van der Waals surface area contributed by atoms with Crippen molar-refractivity contribution in [3.05, 3.63) is 18.6 Å². The third-order valence-corrected chi connectivity index (χ3v) is 4.11. The van der Waals surface area contributed by atoms with Crippen molar-refractivity contribution >= 4 is 11.7 Å². The standard InChI is InChI=1S/C14H21N5O/c20-14(12-2-1-3-15-10-12)19-8-6-18(7-9-19)13-11-16-4-5-17-13/h4-5,11-12,15H,1-3,6-10H2/t12-/m0/s1. The predicted molar refractivity (Wildman–Crippen MR) is 76.4 cm³/mol. The summed E-state index contributed by atoms with van der Waals surface area (Å²) in [5, 5.41) is 3.31. The molecule has 0 aromatic carbocycles. The van der Waals surface area contributed by atoms with Crippen LogP contribution in [0.15, 0.2) is 18.6 Å². The van der Waals surface area contributed by atoms with E-state index in [-0.39, 0.29) is 5.92 Å². The van der Waals surface area contributed by atoms with Crippen LogP contribution in [0.4, 0.5) is 5.82 Å². The molecule has 2 aliphatic rings. The number of rotatable bonds is 2. The Bertz CT molecular complexity index is 438. The summed E-state index contributed by atoms with van der Waals surface area (Å²) in [7, 11) is 0. The Balaban J connectivity index is 1.54. The molecular formula is C14H21N5O. The fraction of sp³-hybridized carbons (Fsp3) is 0.643. The smallest absolute Gasteiger partial charge is 0.227 e. The summed E-state index contributed by atoms with van der Waals surface area (Å²) in [5.41, 5.74) is 0. The summed E-state index contributed by atoms with van der Waals surface area (Å²) in [4.78, 5) is 25.0. The number of aromatic nitrogens is 2. The van der Waals surface area contributed by atoms with Gasteiger partial charge in [-0.15, -0.1) is 0 Å². The lowest BCUT2D eigenvalue weighted by Gasteiger charge is -2.37. The van der Waals surface area contributed by atoms with Crippen LogP contribution in [0.3, 0.4) is 0 Å². The third kappa shape index (κ3) is 2.90. The number of hydrogen-bond acceptors (Lipinski definition) is 5. The highest BCUT2D eigenvalue weighted by Gasteiger charge is 2.28. The lowest BCUT2D eigenvalue weighted by molar-refractivity contribution is -0.136. The lowest BCUT2D eigenvalue weighted by atomic mass is 9.98. The Hall–Kier alpha value is -1.69. The molecule has 2 aliphatic heterocycles. The molecule has 20 heavy (non-hydrogen) atoms. The van der Waals surface area contributed by atoms with E-state index in [1.807, 2.05) is 4.90 Å². The first-order chi connectivity index (χ1) is 9.84. The van der Waals surface area contributed by atoms with Crippen LogP contribution in [-0.4, -0.2) is 60.0 Å². The average Bonchev–Trinajstić information content (AvgIpc) is 2.56. The molecule has 3 heterocycles. The van der Waals surface area contributed by atoms with Crippen molar-refractivity contribution < 1.29 is 4.79 Å². The number of hydrogen-bond donors (Lipinski definition) is 1. The first kappa shape index (κ1) is 13.3. The molecule has 1 aromatic rings. The first-order valence-electron chi connectivity index (χ1n) is 7.35. The Kier molecular flexibility index (Phi) is 4.11. The highest BCUT2D eigenvalue weighted by atomic mass is 16.2. The molecule has 3 rings (SSSR count). The van der Waals surface area contributed by atoms with Gasteiger partial charge in [-0.3, -0.25) is 9.78 Å². The molecule has 0 saturated carbocycles. The maximum absolute atomic E-state index is 12.4. The zero-order valence-electron chi connectivity index (χ0n) is 11.7. The van der Waals surface area contributed by atoms with Gasteiger partial charge in [0.25, 0.3) is 0 Å². The van der Waals surface area contributed by atoms with Crippen LogP contribution in [0.1, 0.15) is 12.8 Å². The van der Waals surface area contributed by atoms with Crippen molar-refractivity contribution in [2.75, 3.05) is 44.2 Å². The predicted octanol–water partition coefficient (Wildman–Crippen LogP) is 0.125. The molecule has 1 atom stereocenters. The largest absolute Gasteiger partial charge is 0.352 e. The van der Waals surface area contributed by atoms with E-state index in [0.717, 1.165) is 57.9 Å². The van der Waals surface area contributed by atoms with Gasteiger partial charge in [0.05, 0.1) is 12.1 Å². The molecule has 6 nitrogen and oxygen atoms in total. The van der Waals surface area contributed by atoms with Crippen LogP contribution in [0.5, 0.6) is 0 Å². The number of piperidine rings is 1. The molecule has 0 radical (unpaired) electrons. The maximum Gasteiger partial charge on any atom is 0.227 e. The van der Waals surface area contributed by atoms with E-state index >= 15 is 0 Å². The van der Waals surface area contributed by atoms with E-state index in [4.69, 9.17) is 0 Å². The van der Waals surface area contributed by atoms with Crippen molar-refractivity contribution in [3.8, 4) is 0 Å². The van der Waals surface area contributed by atoms with Crippen molar-refractivity contribution in [1.82, 2.24) is 20.2 Å². The van der Waals surface area contributed by atoms with Crippen molar-refractivity contribution in [2.24, 2.45) is 5.92 Å². The van der Waals surface area contributed by atoms with Gasteiger partial charge < -0.3 is 15.1 Å². The van der Waals surface area contributed by atoms with Crippen molar-refractivity contribution in [1.29, 1.82) is 0 Å². The van der Waals surface area contributed by atoms with E-state index in [1.54, 1.807) is 18.6 Å². The molecular weight excluding hydrogens is 254 g/mol. The number of carbonyl (C=O) groups excluding carboxylic acids is 1. The summed E-state index contributed by atoms with van der Waals surface area (Å²) in [6, 6.07) is 0. The summed E-state index contributed by atoms with van der Waals surface area (Å²) >= 11 is 0. The molecule has 1 amide bonds. The molecule has 1 N–H and O–H groups in total. The van der Waals surface area contributed by atoms with Crippen LogP contribution in [0.25, 0.3) is 0 Å². The monoisotopic (exact) mass is 275 g/mol. The number of piperazine rings is 1. The minimum Gasteiger partial charge on any atom is -0.352 e. The molecule has 1 aromatic heterocycles. The maximum atomic E-state index is 12.4. The van der Waals surface area contributed by atoms with E-state index in [9.17, 15) is 4.79 Å². The van der Waals surface area contributed by atoms with Crippen LogP contribution in [0, 0.1) is 5.92 Å². The zero-order valence-corrected chi connectivity index (χ0v) is 11.7. The second kappa shape index (κ2) is 6.17. The summed E-state index contributed by atoms with van der Waals surface area (Å²) < 4.78 is 0. The fourth-order valence-electron chi connectivity index (χ4n) is 2.93. The zero-order chi connectivity index (χ0) is 13.8. The highest BCUT2D eigenvalue weighted by molar-refractivity contribution is 5.79. The Morgan fingerprint density at radius 2 is 2.10 bits per heavy atom.